The lowest BCUT2D eigenvalue weighted by atomic mass is 9.99. The van der Waals surface area contributed by atoms with Crippen LogP contribution in [0, 0.1) is 13.8 Å². The molecule has 0 atom stereocenters. The Kier molecular flexibility index (Phi) is 4.90. The van der Waals surface area contributed by atoms with Crippen LogP contribution < -0.4 is 10.9 Å². The van der Waals surface area contributed by atoms with E-state index in [0.29, 0.717) is 16.8 Å². The van der Waals surface area contributed by atoms with Gasteiger partial charge in [-0.2, -0.15) is 4.98 Å². The molecular weight excluding hydrogens is 418 g/mol. The number of aromatic nitrogens is 4. The first kappa shape index (κ1) is 20.4. The van der Waals surface area contributed by atoms with E-state index in [1.165, 1.54) is 0 Å². The average molecular weight is 439 g/mol. The maximum absolute atomic E-state index is 13.2. The molecule has 0 saturated heterocycles. The molecule has 2 N–H and O–H groups in total. The molecule has 0 aliphatic rings. The molecule has 164 valence electrons. The summed E-state index contributed by atoms with van der Waals surface area (Å²) in [4.78, 5) is 21.9. The number of benzene rings is 2. The van der Waals surface area contributed by atoms with Crippen LogP contribution in [0.15, 0.2) is 70.1 Å². The van der Waals surface area contributed by atoms with Crippen molar-refractivity contribution in [3.63, 3.8) is 0 Å². The number of pyridine rings is 2. The van der Waals surface area contributed by atoms with Gasteiger partial charge in [0.1, 0.15) is 5.75 Å². The van der Waals surface area contributed by atoms with Crippen molar-refractivity contribution in [1.82, 2.24) is 19.7 Å². The van der Waals surface area contributed by atoms with Crippen LogP contribution in [0.2, 0.25) is 0 Å². The molecule has 8 nitrogen and oxygen atoms in total. The van der Waals surface area contributed by atoms with Gasteiger partial charge in [0.05, 0.1) is 5.52 Å². The summed E-state index contributed by atoms with van der Waals surface area (Å²) in [5, 5.41) is 17.7. The number of hydrogen-bond donors (Lipinski definition) is 2. The van der Waals surface area contributed by atoms with Crippen LogP contribution in [-0.4, -0.2) is 24.8 Å². The monoisotopic (exact) mass is 439 g/mol. The second kappa shape index (κ2) is 7.90. The Hall–Kier alpha value is -4.46. The van der Waals surface area contributed by atoms with Crippen molar-refractivity contribution in [1.29, 1.82) is 0 Å². The second-order valence-corrected chi connectivity index (χ2v) is 7.93. The van der Waals surface area contributed by atoms with Crippen LogP contribution in [0.4, 0.5) is 11.6 Å². The summed E-state index contributed by atoms with van der Waals surface area (Å²) in [6.07, 6.45) is 1.78. The van der Waals surface area contributed by atoms with Gasteiger partial charge in [-0.3, -0.25) is 9.78 Å². The Balaban J connectivity index is 1.52. The molecule has 0 amide bonds. The summed E-state index contributed by atoms with van der Waals surface area (Å²) >= 11 is 0. The number of aromatic hydroxyl groups is 1. The maximum atomic E-state index is 13.2. The lowest BCUT2D eigenvalue weighted by molar-refractivity contribution is 0.432. The molecule has 0 saturated carbocycles. The van der Waals surface area contributed by atoms with E-state index >= 15 is 0 Å². The number of rotatable bonds is 4. The third kappa shape index (κ3) is 3.82. The number of anilines is 2. The first-order valence-corrected chi connectivity index (χ1v) is 10.4. The zero-order chi connectivity index (χ0) is 23.1. The van der Waals surface area contributed by atoms with Crippen LogP contribution >= 0.6 is 0 Å². The molecule has 0 fully saturated rings. The summed E-state index contributed by atoms with van der Waals surface area (Å²) in [5.74, 6) is 0.673. The number of phenolic OH excluding ortho intramolecular Hbond substituents is 1. The molecule has 0 unspecified atom stereocenters. The predicted octanol–water partition coefficient (Wildman–Crippen LogP) is 4.72. The van der Waals surface area contributed by atoms with Gasteiger partial charge in [0.15, 0.2) is 0 Å². The van der Waals surface area contributed by atoms with Gasteiger partial charge in [-0.25, -0.2) is 0 Å². The van der Waals surface area contributed by atoms with E-state index < -0.39 is 0 Å². The van der Waals surface area contributed by atoms with Crippen molar-refractivity contribution in [2.75, 3.05) is 5.32 Å². The highest BCUT2D eigenvalue weighted by Crippen LogP contribution is 2.29. The zero-order valence-electron chi connectivity index (χ0n) is 18.3. The number of nitrogens with zero attached hydrogens (tertiary/aromatic N) is 4. The Morgan fingerprint density at radius 1 is 1.03 bits per heavy atom. The normalized spacial score (nSPS) is 11.1. The molecule has 0 bridgehead atoms. The molecule has 3 heterocycles. The minimum atomic E-state index is -0.0842. The minimum absolute atomic E-state index is 0.0842. The Morgan fingerprint density at radius 2 is 1.88 bits per heavy atom. The smallest absolute Gasteiger partial charge is 0.268 e. The number of hydrogen-bond acceptors (Lipinski definition) is 7. The fraction of sp³-hybridized carbons (Fsp3) is 0.120. The van der Waals surface area contributed by atoms with Crippen LogP contribution in [0.3, 0.4) is 0 Å². The molecule has 3 aromatic heterocycles. The summed E-state index contributed by atoms with van der Waals surface area (Å²) in [7, 11) is 1.77. The molecule has 5 aromatic rings. The molecule has 2 aromatic carbocycles. The minimum Gasteiger partial charge on any atom is -0.508 e. The standard InChI is InChI=1S/C25H21N5O3/c1-14-7-8-18(27-25-28-23(33-29-25)16-5-4-6-19(31)10-16)12-20(14)21-11-17-13-26-15(2)9-22(17)30(3)24(21)32/h4-13,31H,1-3H3,(H,27,29). The summed E-state index contributed by atoms with van der Waals surface area (Å²) in [6, 6.07) is 16.1. The van der Waals surface area contributed by atoms with Crippen LogP contribution in [-0.2, 0) is 7.05 Å². The zero-order valence-corrected chi connectivity index (χ0v) is 18.3. The summed E-state index contributed by atoms with van der Waals surface area (Å²) in [6.45, 7) is 3.87. The van der Waals surface area contributed by atoms with E-state index in [-0.39, 0.29) is 23.1 Å². The number of phenols is 1. The highest BCUT2D eigenvalue weighted by atomic mass is 16.5. The Morgan fingerprint density at radius 3 is 2.70 bits per heavy atom. The predicted molar refractivity (Wildman–Crippen MR) is 127 cm³/mol. The van der Waals surface area contributed by atoms with E-state index in [2.05, 4.69) is 20.4 Å². The topological polar surface area (TPSA) is 106 Å². The quantitative estimate of drug-likeness (QED) is 0.417. The van der Waals surface area contributed by atoms with Gasteiger partial charge in [-0.1, -0.05) is 12.1 Å². The summed E-state index contributed by atoms with van der Waals surface area (Å²) < 4.78 is 6.97. The van der Waals surface area contributed by atoms with Crippen molar-refractivity contribution in [2.45, 2.75) is 13.8 Å². The Bertz CT molecular complexity index is 1570. The van der Waals surface area contributed by atoms with E-state index in [1.54, 1.807) is 42.1 Å². The molecular formula is C25H21N5O3. The van der Waals surface area contributed by atoms with Gasteiger partial charge >= 0.3 is 0 Å². The second-order valence-electron chi connectivity index (χ2n) is 7.93. The van der Waals surface area contributed by atoms with Crippen LogP contribution in [0.1, 0.15) is 11.3 Å². The van der Waals surface area contributed by atoms with Gasteiger partial charge in [0.25, 0.3) is 17.4 Å². The molecule has 0 spiro atoms. The van der Waals surface area contributed by atoms with Gasteiger partial charge in [-0.15, -0.1) is 0 Å². The summed E-state index contributed by atoms with van der Waals surface area (Å²) in [5.41, 5.74) is 5.30. The van der Waals surface area contributed by atoms with Crippen molar-refractivity contribution in [3.8, 4) is 28.3 Å². The fourth-order valence-electron chi connectivity index (χ4n) is 3.81. The van der Waals surface area contributed by atoms with E-state index in [0.717, 1.165) is 27.7 Å². The number of fused-ring (bicyclic) bond motifs is 1. The van der Waals surface area contributed by atoms with Crippen LogP contribution in [0.25, 0.3) is 33.5 Å². The lowest BCUT2D eigenvalue weighted by Crippen LogP contribution is -2.19. The molecule has 0 aliphatic carbocycles. The molecule has 0 radical (unpaired) electrons. The van der Waals surface area contributed by atoms with E-state index in [9.17, 15) is 9.90 Å². The number of nitrogens with one attached hydrogen (secondary N) is 1. The SMILES string of the molecule is Cc1cc2c(cn1)cc(-c1cc(Nc3noc(-c4cccc(O)c4)n3)ccc1C)c(=O)n2C. The van der Waals surface area contributed by atoms with Crippen molar-refractivity contribution in [3.05, 3.63) is 82.4 Å². The Labute approximate surface area is 189 Å². The van der Waals surface area contributed by atoms with Gasteiger partial charge in [0.2, 0.25) is 0 Å². The molecule has 8 heteroatoms. The van der Waals surface area contributed by atoms with E-state index in [1.807, 2.05) is 44.2 Å². The number of aryl methyl sites for hydroxylation is 3. The molecule has 5 rings (SSSR count). The molecule has 33 heavy (non-hydrogen) atoms. The molecule has 0 aliphatic heterocycles. The van der Waals surface area contributed by atoms with Gasteiger partial charge < -0.3 is 19.5 Å². The van der Waals surface area contributed by atoms with Crippen LogP contribution in [0.5, 0.6) is 5.75 Å². The van der Waals surface area contributed by atoms with Gasteiger partial charge in [-0.05, 0) is 72.6 Å². The largest absolute Gasteiger partial charge is 0.508 e. The highest BCUT2D eigenvalue weighted by Gasteiger charge is 2.14. The third-order valence-corrected chi connectivity index (χ3v) is 5.55. The first-order chi connectivity index (χ1) is 15.9. The first-order valence-electron chi connectivity index (χ1n) is 10.4. The average Bonchev–Trinajstić information content (AvgIpc) is 3.27. The lowest BCUT2D eigenvalue weighted by Gasteiger charge is -2.12. The van der Waals surface area contributed by atoms with Gasteiger partial charge in [0, 0.05) is 41.1 Å². The van der Waals surface area contributed by atoms with E-state index in [4.69, 9.17) is 4.52 Å². The van der Waals surface area contributed by atoms with Crippen molar-refractivity contribution in [2.24, 2.45) is 7.05 Å². The van der Waals surface area contributed by atoms with Crippen molar-refractivity contribution < 1.29 is 9.63 Å². The fourth-order valence-corrected chi connectivity index (χ4v) is 3.81. The third-order valence-electron chi connectivity index (χ3n) is 5.55. The van der Waals surface area contributed by atoms with Crippen molar-refractivity contribution >= 4 is 22.5 Å². The maximum Gasteiger partial charge on any atom is 0.268 e. The highest BCUT2D eigenvalue weighted by molar-refractivity contribution is 5.85.